The van der Waals surface area contributed by atoms with Crippen molar-refractivity contribution in [2.75, 3.05) is 0 Å². The van der Waals surface area contributed by atoms with Crippen LogP contribution < -0.4 is 5.32 Å². The average Bonchev–Trinajstić information content (AvgIpc) is 3.03. The van der Waals surface area contributed by atoms with Gasteiger partial charge >= 0.3 is 0 Å². The van der Waals surface area contributed by atoms with E-state index in [1.807, 2.05) is 54.6 Å². The number of carbonyl (C=O) groups excluding carboxylic acids is 1. The van der Waals surface area contributed by atoms with Gasteiger partial charge in [0.15, 0.2) is 0 Å². The first-order valence-corrected chi connectivity index (χ1v) is 8.55. The van der Waals surface area contributed by atoms with Crippen molar-refractivity contribution >= 4 is 38.4 Å². The number of carbonyl (C=O) groups is 1. The number of nitrogens with zero attached hydrogens (tertiary/aromatic N) is 2. The lowest BCUT2D eigenvalue weighted by Gasteiger charge is -2.06. The molecule has 0 saturated carbocycles. The predicted octanol–water partition coefficient (Wildman–Crippen LogP) is 3.70. The molecule has 4 nitrogen and oxygen atoms in total. The van der Waals surface area contributed by atoms with Gasteiger partial charge in [-0.3, -0.25) is 9.78 Å². The van der Waals surface area contributed by atoms with Gasteiger partial charge in [0, 0.05) is 11.6 Å². The van der Waals surface area contributed by atoms with E-state index in [0.29, 0.717) is 13.0 Å². The number of thiazole rings is 1. The Kier molecular flexibility index (Phi) is 3.92. The molecule has 0 atom stereocenters. The summed E-state index contributed by atoms with van der Waals surface area (Å²) < 4.78 is 1.14. The maximum absolute atomic E-state index is 12.3. The smallest absolute Gasteiger partial charge is 0.224 e. The zero-order valence-electron chi connectivity index (χ0n) is 12.9. The van der Waals surface area contributed by atoms with E-state index in [9.17, 15) is 4.79 Å². The van der Waals surface area contributed by atoms with Crippen LogP contribution in [0.25, 0.3) is 21.1 Å². The van der Waals surface area contributed by atoms with Crippen LogP contribution in [0.15, 0.2) is 60.8 Å². The minimum atomic E-state index is -0.0209. The summed E-state index contributed by atoms with van der Waals surface area (Å²) in [6.07, 6.45) is 2.07. The molecule has 0 spiro atoms. The summed E-state index contributed by atoms with van der Waals surface area (Å²) in [6.45, 7) is 0.455. The van der Waals surface area contributed by atoms with Gasteiger partial charge in [0.2, 0.25) is 5.91 Å². The van der Waals surface area contributed by atoms with E-state index >= 15 is 0 Å². The maximum atomic E-state index is 12.3. The third-order valence-electron chi connectivity index (χ3n) is 3.84. The Morgan fingerprint density at radius 1 is 1.04 bits per heavy atom. The van der Waals surface area contributed by atoms with Gasteiger partial charge in [0.1, 0.15) is 5.01 Å². The van der Waals surface area contributed by atoms with E-state index in [1.54, 1.807) is 17.5 Å². The molecule has 0 unspecified atom stereocenters. The fraction of sp³-hybridized carbons (Fsp3) is 0.105. The number of hydrogen-bond donors (Lipinski definition) is 1. The van der Waals surface area contributed by atoms with E-state index in [0.717, 1.165) is 31.7 Å². The summed E-state index contributed by atoms with van der Waals surface area (Å²) in [7, 11) is 0. The van der Waals surface area contributed by atoms with Gasteiger partial charge in [-0.15, -0.1) is 11.3 Å². The van der Waals surface area contributed by atoms with Gasteiger partial charge in [0.05, 0.1) is 28.7 Å². The van der Waals surface area contributed by atoms with Crippen LogP contribution >= 0.6 is 11.3 Å². The van der Waals surface area contributed by atoms with Crippen molar-refractivity contribution < 1.29 is 4.79 Å². The summed E-state index contributed by atoms with van der Waals surface area (Å²) in [5.74, 6) is -0.0209. The number of rotatable bonds is 4. The Morgan fingerprint density at radius 3 is 2.83 bits per heavy atom. The molecule has 5 heteroatoms. The third-order valence-corrected chi connectivity index (χ3v) is 4.88. The molecule has 0 aliphatic rings. The van der Waals surface area contributed by atoms with Gasteiger partial charge in [-0.25, -0.2) is 4.98 Å². The molecule has 4 aromatic rings. The lowest BCUT2D eigenvalue weighted by Crippen LogP contribution is -2.24. The van der Waals surface area contributed by atoms with E-state index in [4.69, 9.17) is 0 Å². The van der Waals surface area contributed by atoms with Crippen molar-refractivity contribution in [3.8, 4) is 0 Å². The van der Waals surface area contributed by atoms with Crippen molar-refractivity contribution in [1.29, 1.82) is 0 Å². The molecule has 2 aromatic carbocycles. The Hall–Kier alpha value is -2.79. The topological polar surface area (TPSA) is 54.9 Å². The molecule has 4 rings (SSSR count). The summed E-state index contributed by atoms with van der Waals surface area (Å²) >= 11 is 1.61. The van der Waals surface area contributed by atoms with E-state index in [1.165, 1.54) is 0 Å². The molecule has 0 aliphatic carbocycles. The SMILES string of the molecule is O=C(Cc1cccc2cccnc12)NCc1nc2ccccc2s1. The second-order valence-corrected chi connectivity index (χ2v) is 6.64. The summed E-state index contributed by atoms with van der Waals surface area (Å²) in [6, 6.07) is 17.8. The van der Waals surface area contributed by atoms with Gasteiger partial charge in [0.25, 0.3) is 0 Å². The lowest BCUT2D eigenvalue weighted by molar-refractivity contribution is -0.120. The summed E-state index contributed by atoms with van der Waals surface area (Å²) in [5.41, 5.74) is 2.80. The van der Waals surface area contributed by atoms with Crippen molar-refractivity contribution in [1.82, 2.24) is 15.3 Å². The second kappa shape index (κ2) is 6.37. The number of amides is 1. The first kappa shape index (κ1) is 14.8. The first-order chi connectivity index (χ1) is 11.8. The zero-order valence-corrected chi connectivity index (χ0v) is 13.7. The van der Waals surface area contributed by atoms with Gasteiger partial charge < -0.3 is 5.32 Å². The number of nitrogens with one attached hydrogen (secondary N) is 1. The number of benzene rings is 2. The minimum absolute atomic E-state index is 0.0209. The Morgan fingerprint density at radius 2 is 1.92 bits per heavy atom. The van der Waals surface area contributed by atoms with Crippen LogP contribution in [0.3, 0.4) is 0 Å². The normalized spacial score (nSPS) is 11.0. The number of hydrogen-bond acceptors (Lipinski definition) is 4. The predicted molar refractivity (Wildman–Crippen MR) is 96.9 cm³/mol. The molecular formula is C19H15N3OS. The molecule has 0 saturated heterocycles. The van der Waals surface area contributed by atoms with Crippen molar-refractivity contribution in [2.45, 2.75) is 13.0 Å². The minimum Gasteiger partial charge on any atom is -0.349 e. The zero-order chi connectivity index (χ0) is 16.4. The van der Waals surface area contributed by atoms with Crippen LogP contribution in [0.5, 0.6) is 0 Å². The van der Waals surface area contributed by atoms with E-state index in [-0.39, 0.29) is 5.91 Å². The van der Waals surface area contributed by atoms with Crippen LogP contribution in [-0.2, 0) is 17.8 Å². The van der Waals surface area contributed by atoms with Crippen molar-refractivity contribution in [3.05, 3.63) is 71.4 Å². The highest BCUT2D eigenvalue weighted by Crippen LogP contribution is 2.21. The highest BCUT2D eigenvalue weighted by molar-refractivity contribution is 7.18. The molecule has 24 heavy (non-hydrogen) atoms. The molecule has 0 radical (unpaired) electrons. The third kappa shape index (κ3) is 2.98. The number of pyridine rings is 1. The largest absolute Gasteiger partial charge is 0.349 e. The lowest BCUT2D eigenvalue weighted by atomic mass is 10.1. The van der Waals surface area contributed by atoms with Crippen LogP contribution in [-0.4, -0.2) is 15.9 Å². The molecule has 0 fully saturated rings. The summed E-state index contributed by atoms with van der Waals surface area (Å²) in [5, 5.41) is 4.92. The Labute approximate surface area is 143 Å². The molecular weight excluding hydrogens is 318 g/mol. The van der Waals surface area contributed by atoms with Crippen LogP contribution in [0, 0.1) is 0 Å². The van der Waals surface area contributed by atoms with E-state index in [2.05, 4.69) is 15.3 Å². The van der Waals surface area contributed by atoms with Gasteiger partial charge in [-0.1, -0.05) is 36.4 Å². The monoisotopic (exact) mass is 333 g/mol. The van der Waals surface area contributed by atoms with Crippen LogP contribution in [0.1, 0.15) is 10.6 Å². The molecule has 2 heterocycles. The molecule has 1 amide bonds. The van der Waals surface area contributed by atoms with Crippen LogP contribution in [0.2, 0.25) is 0 Å². The molecule has 0 aliphatic heterocycles. The molecule has 118 valence electrons. The molecule has 0 bridgehead atoms. The summed E-state index contributed by atoms with van der Waals surface area (Å²) in [4.78, 5) is 21.2. The highest BCUT2D eigenvalue weighted by Gasteiger charge is 2.09. The first-order valence-electron chi connectivity index (χ1n) is 7.73. The number of aromatic nitrogens is 2. The maximum Gasteiger partial charge on any atom is 0.224 e. The average molecular weight is 333 g/mol. The fourth-order valence-corrected chi connectivity index (χ4v) is 3.62. The standard InChI is InChI=1S/C19H15N3OS/c23-17(11-14-6-3-5-13-7-4-10-20-19(13)14)21-12-18-22-15-8-1-2-9-16(15)24-18/h1-10H,11-12H2,(H,21,23). The fourth-order valence-electron chi connectivity index (χ4n) is 2.72. The second-order valence-electron chi connectivity index (χ2n) is 5.52. The number of para-hydroxylation sites is 2. The Balaban J connectivity index is 1.46. The highest BCUT2D eigenvalue weighted by atomic mass is 32.1. The molecule has 2 aromatic heterocycles. The van der Waals surface area contributed by atoms with Gasteiger partial charge in [-0.2, -0.15) is 0 Å². The number of fused-ring (bicyclic) bond motifs is 2. The van der Waals surface area contributed by atoms with Crippen molar-refractivity contribution in [2.24, 2.45) is 0 Å². The Bertz CT molecular complexity index is 987. The molecule has 1 N–H and O–H groups in total. The van der Waals surface area contributed by atoms with Crippen LogP contribution in [0.4, 0.5) is 0 Å². The van der Waals surface area contributed by atoms with Gasteiger partial charge in [-0.05, 0) is 23.8 Å². The van der Waals surface area contributed by atoms with E-state index < -0.39 is 0 Å². The quantitative estimate of drug-likeness (QED) is 0.619. The van der Waals surface area contributed by atoms with Crippen molar-refractivity contribution in [3.63, 3.8) is 0 Å².